The van der Waals surface area contributed by atoms with Crippen LogP contribution in [0.15, 0.2) is 76.6 Å². The molecule has 1 aliphatic rings. The van der Waals surface area contributed by atoms with Crippen LogP contribution in [0, 0.1) is 22.8 Å². The topological polar surface area (TPSA) is 63.1 Å². The first-order valence-corrected chi connectivity index (χ1v) is 20.5. The second-order valence-corrected chi connectivity index (χ2v) is 18.3. The SMILES string of the molecule is CC(C)CC1Sc2c(ccc(S)c2-c2cncnc2-c2[c-]c3ccccc3c(C(C)(C)C)c2)C1C.CCC(C)(CC)C(=O)/C=C(\O)C(C)(CC)CC.[Ir]. The van der Waals surface area contributed by atoms with Gasteiger partial charge in [-0.3, -0.25) is 9.78 Å². The molecular formula is C46H61IrN2O2S2-. The van der Waals surface area contributed by atoms with Gasteiger partial charge in [-0.25, -0.2) is 4.98 Å². The molecule has 5 rings (SSSR count). The summed E-state index contributed by atoms with van der Waals surface area (Å²) < 4.78 is 0. The van der Waals surface area contributed by atoms with Crippen LogP contribution in [0.1, 0.15) is 132 Å². The molecule has 0 saturated carbocycles. The van der Waals surface area contributed by atoms with Crippen LogP contribution in [-0.2, 0) is 30.3 Å². The Morgan fingerprint density at radius 3 is 2.19 bits per heavy atom. The van der Waals surface area contributed by atoms with Crippen LogP contribution in [0.2, 0.25) is 0 Å². The normalized spacial score (nSPS) is 16.2. The molecule has 2 atom stereocenters. The molecule has 4 nitrogen and oxygen atoms in total. The van der Waals surface area contributed by atoms with Crippen LogP contribution in [-0.4, -0.2) is 26.1 Å². The van der Waals surface area contributed by atoms with Crippen LogP contribution < -0.4 is 0 Å². The second kappa shape index (κ2) is 18.5. The van der Waals surface area contributed by atoms with E-state index in [1.807, 2.05) is 59.5 Å². The quantitative estimate of drug-likeness (QED) is 0.0679. The van der Waals surface area contributed by atoms with Gasteiger partial charge in [0.1, 0.15) is 12.1 Å². The van der Waals surface area contributed by atoms with Crippen LogP contribution in [0.4, 0.5) is 0 Å². The van der Waals surface area contributed by atoms with Gasteiger partial charge in [-0.15, -0.1) is 53.5 Å². The number of hydrogen-bond donors (Lipinski definition) is 2. The minimum Gasteiger partial charge on any atom is -0.512 e. The molecule has 2 heterocycles. The maximum Gasteiger partial charge on any atom is 0.164 e. The molecule has 1 aliphatic heterocycles. The number of thiol groups is 1. The molecule has 0 spiro atoms. The summed E-state index contributed by atoms with van der Waals surface area (Å²) in [6.07, 6.45) is 9.56. The molecule has 2 unspecified atom stereocenters. The van der Waals surface area contributed by atoms with Crippen molar-refractivity contribution in [3.05, 3.63) is 84.0 Å². The van der Waals surface area contributed by atoms with Gasteiger partial charge in [0.25, 0.3) is 0 Å². The molecule has 0 bridgehead atoms. The number of allylic oxidation sites excluding steroid dienone is 2. The third kappa shape index (κ3) is 9.87. The van der Waals surface area contributed by atoms with E-state index >= 15 is 0 Å². The number of fused-ring (bicyclic) bond motifs is 2. The molecule has 53 heavy (non-hydrogen) atoms. The fraction of sp³-hybridized carbons (Fsp3) is 0.500. The average molecular weight is 930 g/mol. The van der Waals surface area contributed by atoms with Gasteiger partial charge in [-0.05, 0) is 66.5 Å². The number of aromatic nitrogens is 2. The Morgan fingerprint density at radius 1 is 0.981 bits per heavy atom. The standard InChI is InChI=1S/C31H33N2S2.C15H28O2.Ir/c1-18(2)13-27-19(3)22-11-12-26(34)28(30(22)35-27)24-16-32-17-33-29(24)21-14-20-9-7-8-10-23(20)25(15-21)31(4,5)6;1-7-14(5,8-2)12(16)11-13(17)15(6,9-3)10-4;/h7-12,15-19,27,34H,13H2,1-6H3;11,16H,7-10H2,1-6H3;/q-1;;/b;12-11-;. The van der Waals surface area contributed by atoms with Crippen molar-refractivity contribution in [3.63, 3.8) is 0 Å². The number of rotatable bonds is 11. The predicted molar refractivity (Wildman–Crippen MR) is 226 cm³/mol. The Bertz CT molecular complexity index is 1900. The number of carbonyl (C=O) groups is 1. The minimum absolute atomic E-state index is 0. The molecule has 0 saturated heterocycles. The molecule has 289 valence electrons. The van der Waals surface area contributed by atoms with Crippen LogP contribution in [0.25, 0.3) is 33.2 Å². The van der Waals surface area contributed by atoms with E-state index in [9.17, 15) is 9.90 Å². The van der Waals surface area contributed by atoms with Crippen molar-refractivity contribution in [1.82, 2.24) is 9.97 Å². The van der Waals surface area contributed by atoms with Crippen molar-refractivity contribution < 1.29 is 30.0 Å². The van der Waals surface area contributed by atoms with Gasteiger partial charge in [-0.2, -0.15) is 0 Å². The number of thioether (sulfide) groups is 1. The van der Waals surface area contributed by atoms with Crippen molar-refractivity contribution in [2.24, 2.45) is 16.7 Å². The molecule has 0 fully saturated rings. The summed E-state index contributed by atoms with van der Waals surface area (Å²) in [6.45, 7) is 25.9. The number of benzene rings is 3. The van der Waals surface area contributed by atoms with Gasteiger partial charge in [0.15, 0.2) is 5.78 Å². The summed E-state index contributed by atoms with van der Waals surface area (Å²) in [7, 11) is 0. The molecule has 1 aromatic heterocycles. The fourth-order valence-electron chi connectivity index (χ4n) is 6.89. The largest absolute Gasteiger partial charge is 0.512 e. The van der Waals surface area contributed by atoms with E-state index in [2.05, 4.69) is 95.1 Å². The number of nitrogens with zero attached hydrogens (tertiary/aromatic N) is 2. The Balaban J connectivity index is 0.000000359. The summed E-state index contributed by atoms with van der Waals surface area (Å²) in [4.78, 5) is 23.8. The third-order valence-electron chi connectivity index (χ3n) is 11.6. The molecule has 3 aromatic carbocycles. The summed E-state index contributed by atoms with van der Waals surface area (Å²) in [6, 6.07) is 18.9. The van der Waals surface area contributed by atoms with Crippen LogP contribution in [0.5, 0.6) is 0 Å². The van der Waals surface area contributed by atoms with Gasteiger partial charge in [-0.1, -0.05) is 118 Å². The van der Waals surface area contributed by atoms with Crippen molar-refractivity contribution >= 4 is 40.9 Å². The van der Waals surface area contributed by atoms with E-state index in [-0.39, 0.29) is 47.9 Å². The number of ketones is 1. The van der Waals surface area contributed by atoms with Crippen LogP contribution >= 0.6 is 24.4 Å². The molecule has 4 aromatic rings. The molecule has 7 heteroatoms. The third-order valence-corrected chi connectivity index (χ3v) is 13.6. The first-order valence-electron chi connectivity index (χ1n) is 19.2. The first-order chi connectivity index (χ1) is 24.4. The van der Waals surface area contributed by atoms with Crippen LogP contribution in [0.3, 0.4) is 0 Å². The fourth-order valence-corrected chi connectivity index (χ4v) is 9.14. The first kappa shape index (κ1) is 45.0. The maximum absolute atomic E-state index is 12.2. The molecule has 1 N–H and O–H groups in total. The zero-order chi connectivity index (χ0) is 38.6. The van der Waals surface area contributed by atoms with E-state index in [1.54, 1.807) is 6.33 Å². The van der Waals surface area contributed by atoms with Crippen molar-refractivity contribution in [2.45, 2.75) is 142 Å². The second-order valence-electron chi connectivity index (χ2n) is 16.6. The molecular weight excluding hydrogens is 869 g/mol. The average Bonchev–Trinajstić information content (AvgIpc) is 3.43. The van der Waals surface area contributed by atoms with Gasteiger partial charge in [0.05, 0.1) is 0 Å². The Morgan fingerprint density at radius 2 is 1.60 bits per heavy atom. The van der Waals surface area contributed by atoms with Crippen molar-refractivity contribution in [1.29, 1.82) is 0 Å². The molecule has 0 aliphatic carbocycles. The Labute approximate surface area is 343 Å². The van der Waals surface area contributed by atoms with Gasteiger partial charge in [0.2, 0.25) is 0 Å². The summed E-state index contributed by atoms with van der Waals surface area (Å²) in [5.74, 6) is 1.47. The van der Waals surface area contributed by atoms with Crippen molar-refractivity contribution in [3.8, 4) is 22.4 Å². The minimum atomic E-state index is -0.337. The van der Waals surface area contributed by atoms with E-state index in [4.69, 9.17) is 17.6 Å². The number of hydrogen-bond acceptors (Lipinski definition) is 6. The monoisotopic (exact) mass is 930 g/mol. The Kier molecular flexibility index (Phi) is 15.7. The zero-order valence-electron chi connectivity index (χ0n) is 34.0. The summed E-state index contributed by atoms with van der Waals surface area (Å²) >= 11 is 6.95. The van der Waals surface area contributed by atoms with E-state index in [1.165, 1.54) is 33.9 Å². The summed E-state index contributed by atoms with van der Waals surface area (Å²) in [5, 5.41) is 13.1. The van der Waals surface area contributed by atoms with E-state index < -0.39 is 0 Å². The summed E-state index contributed by atoms with van der Waals surface area (Å²) in [5.41, 5.74) is 6.22. The number of aliphatic hydroxyl groups excluding tert-OH is 1. The molecule has 1 radical (unpaired) electrons. The van der Waals surface area contributed by atoms with Crippen molar-refractivity contribution in [2.75, 3.05) is 0 Å². The van der Waals surface area contributed by atoms with Gasteiger partial charge >= 0.3 is 0 Å². The van der Waals surface area contributed by atoms with Gasteiger partial charge in [0, 0.05) is 69.5 Å². The molecule has 0 amide bonds. The zero-order valence-corrected chi connectivity index (χ0v) is 38.1. The predicted octanol–water partition coefficient (Wildman–Crippen LogP) is 13.6. The number of aliphatic hydroxyl groups is 1. The van der Waals surface area contributed by atoms with E-state index in [0.29, 0.717) is 17.1 Å². The van der Waals surface area contributed by atoms with Gasteiger partial charge < -0.3 is 5.11 Å². The Hall–Kier alpha value is -2.44. The smallest absolute Gasteiger partial charge is 0.164 e. The maximum atomic E-state index is 12.2. The van der Waals surface area contributed by atoms with E-state index in [0.717, 1.165) is 58.3 Å². The number of carbonyl (C=O) groups excluding carboxylic acids is 1.